The Morgan fingerprint density at radius 2 is 2.03 bits per heavy atom. The molecule has 4 rings (SSSR count). The third-order valence-corrected chi connectivity index (χ3v) is 5.87. The molecule has 0 amide bonds. The van der Waals surface area contributed by atoms with E-state index in [1.807, 2.05) is 0 Å². The molecule has 0 aliphatic heterocycles. The van der Waals surface area contributed by atoms with E-state index in [-0.39, 0.29) is 58.3 Å². The van der Waals surface area contributed by atoms with Crippen molar-refractivity contribution >= 4 is 44.5 Å². The van der Waals surface area contributed by atoms with Crippen LogP contribution in [0.3, 0.4) is 0 Å². The fraction of sp³-hybridized carbons (Fsp3) is 0.273. The number of para-hydroxylation sites is 1. The van der Waals surface area contributed by atoms with Gasteiger partial charge in [0.15, 0.2) is 11.0 Å². The minimum atomic E-state index is -0.817. The Morgan fingerprint density at radius 1 is 1.26 bits per heavy atom. The Labute approximate surface area is 189 Å². The highest BCUT2D eigenvalue weighted by atomic mass is 79.9. The first-order valence-electron chi connectivity index (χ1n) is 9.52. The molecule has 3 aromatic rings. The van der Waals surface area contributed by atoms with E-state index in [2.05, 4.69) is 15.9 Å². The van der Waals surface area contributed by atoms with Gasteiger partial charge in [-0.2, -0.15) is 0 Å². The standard InChI is InChI=1S/C22H17BrClFO6/c23-12-8-16(25)20(19-10-17(26)14-2-1-3-15(24)21(14)31-19)18(9-12)30-5-4-29-13-6-11(7-13)22(27)28/h1-3,8-11,13H,4-7H2,(H,27,28). The molecule has 1 aliphatic rings. The summed E-state index contributed by atoms with van der Waals surface area (Å²) in [5.41, 5.74) is -0.189. The lowest BCUT2D eigenvalue weighted by Gasteiger charge is -2.32. The number of hydrogen-bond donors (Lipinski definition) is 1. The molecule has 6 nitrogen and oxygen atoms in total. The van der Waals surface area contributed by atoms with Gasteiger partial charge in [0.05, 0.1) is 34.6 Å². The molecule has 0 spiro atoms. The summed E-state index contributed by atoms with van der Waals surface area (Å²) in [6, 6.07) is 8.82. The maximum Gasteiger partial charge on any atom is 0.306 e. The van der Waals surface area contributed by atoms with Gasteiger partial charge in [0.1, 0.15) is 23.9 Å². The average molecular weight is 512 g/mol. The van der Waals surface area contributed by atoms with Gasteiger partial charge >= 0.3 is 5.97 Å². The molecule has 162 valence electrons. The lowest BCUT2D eigenvalue weighted by molar-refractivity contribution is -0.151. The maximum atomic E-state index is 14.9. The Balaban J connectivity index is 1.55. The summed E-state index contributed by atoms with van der Waals surface area (Å²) in [6.45, 7) is 0.313. The first-order valence-corrected chi connectivity index (χ1v) is 10.7. The van der Waals surface area contributed by atoms with Crippen molar-refractivity contribution in [2.75, 3.05) is 13.2 Å². The summed E-state index contributed by atoms with van der Waals surface area (Å²) >= 11 is 9.39. The lowest BCUT2D eigenvalue weighted by Crippen LogP contribution is -2.37. The van der Waals surface area contributed by atoms with Crippen molar-refractivity contribution in [2.24, 2.45) is 5.92 Å². The third-order valence-electron chi connectivity index (χ3n) is 5.11. The van der Waals surface area contributed by atoms with Gasteiger partial charge < -0.3 is 19.0 Å². The Hall–Kier alpha value is -2.42. The molecule has 9 heteroatoms. The van der Waals surface area contributed by atoms with Gasteiger partial charge in [0.2, 0.25) is 0 Å². The number of rotatable bonds is 7. The number of ether oxygens (including phenoxy) is 2. The normalized spacial score (nSPS) is 18.0. The van der Waals surface area contributed by atoms with E-state index < -0.39 is 11.8 Å². The van der Waals surface area contributed by atoms with Crippen molar-refractivity contribution < 1.29 is 28.2 Å². The van der Waals surface area contributed by atoms with E-state index in [0.29, 0.717) is 22.7 Å². The monoisotopic (exact) mass is 510 g/mol. The van der Waals surface area contributed by atoms with E-state index in [1.54, 1.807) is 24.3 Å². The van der Waals surface area contributed by atoms with Crippen LogP contribution in [0.2, 0.25) is 5.02 Å². The highest BCUT2D eigenvalue weighted by molar-refractivity contribution is 9.10. The van der Waals surface area contributed by atoms with Crippen molar-refractivity contribution in [1.29, 1.82) is 0 Å². The molecule has 1 aliphatic carbocycles. The zero-order valence-corrected chi connectivity index (χ0v) is 18.4. The van der Waals surface area contributed by atoms with Crippen LogP contribution < -0.4 is 10.2 Å². The summed E-state index contributed by atoms with van der Waals surface area (Å²) in [4.78, 5) is 23.4. The topological polar surface area (TPSA) is 86.0 Å². The molecular formula is C22H17BrClFO6. The van der Waals surface area contributed by atoms with Gasteiger partial charge in [-0.1, -0.05) is 33.6 Å². The SMILES string of the molecule is O=C(O)C1CC(OCCOc2cc(Br)cc(F)c2-c2cc(=O)c3cccc(Cl)c3o2)C1. The number of fused-ring (bicyclic) bond motifs is 1. The molecule has 1 heterocycles. The molecular weight excluding hydrogens is 495 g/mol. The van der Waals surface area contributed by atoms with Crippen molar-refractivity contribution in [3.8, 4) is 17.1 Å². The number of halogens is 3. The van der Waals surface area contributed by atoms with Crippen LogP contribution in [0.15, 0.2) is 50.1 Å². The fourth-order valence-corrected chi connectivity index (χ4v) is 4.06. The van der Waals surface area contributed by atoms with Gasteiger partial charge in [-0.25, -0.2) is 4.39 Å². The molecule has 0 radical (unpaired) electrons. The van der Waals surface area contributed by atoms with Crippen molar-refractivity contribution in [3.63, 3.8) is 0 Å². The van der Waals surface area contributed by atoms with E-state index in [9.17, 15) is 14.0 Å². The second kappa shape index (κ2) is 8.98. The molecule has 1 N–H and O–H groups in total. The van der Waals surface area contributed by atoms with Crippen LogP contribution in [-0.2, 0) is 9.53 Å². The van der Waals surface area contributed by atoms with Gasteiger partial charge in [0, 0.05) is 10.5 Å². The molecule has 0 bridgehead atoms. The van der Waals surface area contributed by atoms with Gasteiger partial charge in [-0.3, -0.25) is 9.59 Å². The van der Waals surface area contributed by atoms with Crippen LogP contribution in [0.25, 0.3) is 22.3 Å². The highest BCUT2D eigenvalue weighted by Crippen LogP contribution is 2.37. The van der Waals surface area contributed by atoms with Crippen LogP contribution in [0, 0.1) is 11.7 Å². The molecule has 1 fully saturated rings. The number of carboxylic acid groups (broad SMARTS) is 1. The van der Waals surface area contributed by atoms with Crippen molar-refractivity contribution in [3.05, 3.63) is 61.9 Å². The van der Waals surface area contributed by atoms with Crippen LogP contribution in [-0.4, -0.2) is 30.4 Å². The first-order chi connectivity index (χ1) is 14.8. The molecule has 31 heavy (non-hydrogen) atoms. The second-order valence-corrected chi connectivity index (χ2v) is 8.52. The highest BCUT2D eigenvalue weighted by Gasteiger charge is 2.35. The molecule has 2 aromatic carbocycles. The van der Waals surface area contributed by atoms with E-state index >= 15 is 0 Å². The number of benzene rings is 2. The minimum Gasteiger partial charge on any atom is -0.490 e. The zero-order valence-electron chi connectivity index (χ0n) is 16.1. The van der Waals surface area contributed by atoms with Gasteiger partial charge in [-0.15, -0.1) is 0 Å². The molecule has 0 saturated heterocycles. The van der Waals surface area contributed by atoms with Gasteiger partial charge in [-0.05, 0) is 37.1 Å². The summed E-state index contributed by atoms with van der Waals surface area (Å²) in [5, 5.41) is 9.44. The average Bonchev–Trinajstić information content (AvgIpc) is 2.66. The van der Waals surface area contributed by atoms with Gasteiger partial charge in [0.25, 0.3) is 0 Å². The second-order valence-electron chi connectivity index (χ2n) is 7.20. The van der Waals surface area contributed by atoms with E-state index in [4.69, 9.17) is 30.6 Å². The van der Waals surface area contributed by atoms with Crippen LogP contribution >= 0.6 is 27.5 Å². The predicted octanol–water partition coefficient (Wildman–Crippen LogP) is 5.27. The van der Waals surface area contributed by atoms with Crippen LogP contribution in [0.4, 0.5) is 4.39 Å². The Bertz CT molecular complexity index is 1200. The number of carbonyl (C=O) groups is 1. The molecule has 0 atom stereocenters. The number of hydrogen-bond acceptors (Lipinski definition) is 5. The van der Waals surface area contributed by atoms with Crippen molar-refractivity contribution in [1.82, 2.24) is 0 Å². The van der Waals surface area contributed by atoms with Crippen LogP contribution in [0.5, 0.6) is 5.75 Å². The quantitative estimate of drug-likeness (QED) is 0.435. The van der Waals surface area contributed by atoms with Crippen LogP contribution in [0.1, 0.15) is 12.8 Å². The largest absolute Gasteiger partial charge is 0.490 e. The maximum absolute atomic E-state index is 14.9. The Kier molecular flexibility index (Phi) is 6.31. The minimum absolute atomic E-state index is 0.00305. The summed E-state index contributed by atoms with van der Waals surface area (Å²) in [7, 11) is 0. The Morgan fingerprint density at radius 3 is 2.77 bits per heavy atom. The number of carboxylic acids is 1. The predicted molar refractivity (Wildman–Crippen MR) is 116 cm³/mol. The smallest absolute Gasteiger partial charge is 0.306 e. The summed E-state index contributed by atoms with van der Waals surface area (Å²) in [5.74, 6) is -1.65. The third kappa shape index (κ3) is 4.61. The first kappa shape index (κ1) is 21.8. The fourth-order valence-electron chi connectivity index (χ4n) is 3.44. The molecule has 1 saturated carbocycles. The zero-order chi connectivity index (χ0) is 22.1. The lowest BCUT2D eigenvalue weighted by atomic mass is 9.82. The number of aliphatic carboxylic acids is 1. The summed E-state index contributed by atoms with van der Waals surface area (Å²) < 4.78 is 32.4. The molecule has 0 unspecified atom stereocenters. The summed E-state index contributed by atoms with van der Waals surface area (Å²) in [6.07, 6.45) is 0.813. The van der Waals surface area contributed by atoms with Crippen molar-refractivity contribution in [2.45, 2.75) is 18.9 Å². The molecule has 1 aromatic heterocycles. The van der Waals surface area contributed by atoms with E-state index in [1.165, 1.54) is 12.1 Å². The van der Waals surface area contributed by atoms with E-state index in [0.717, 1.165) is 0 Å².